The summed E-state index contributed by atoms with van der Waals surface area (Å²) in [5, 5.41) is 10.9. The molecule has 32 heavy (non-hydrogen) atoms. The Hall–Kier alpha value is -3.00. The molecule has 0 spiro atoms. The van der Waals surface area contributed by atoms with E-state index in [9.17, 15) is 5.11 Å². The van der Waals surface area contributed by atoms with Crippen LogP contribution in [0.1, 0.15) is 23.6 Å². The van der Waals surface area contributed by atoms with E-state index in [2.05, 4.69) is 33.1 Å². The average Bonchev–Trinajstić information content (AvgIpc) is 2.96. The molecule has 0 fully saturated rings. The van der Waals surface area contributed by atoms with Crippen molar-refractivity contribution in [3.05, 3.63) is 77.6 Å². The summed E-state index contributed by atoms with van der Waals surface area (Å²) in [6.07, 6.45) is 3.31. The lowest BCUT2D eigenvalue weighted by Crippen LogP contribution is -2.34. The van der Waals surface area contributed by atoms with Crippen molar-refractivity contribution in [3.8, 4) is 17.5 Å². The quantitative estimate of drug-likeness (QED) is 0.611. The van der Waals surface area contributed by atoms with Crippen LogP contribution in [0.3, 0.4) is 0 Å². The zero-order valence-corrected chi connectivity index (χ0v) is 18.9. The molecule has 7 nitrogen and oxygen atoms in total. The molecule has 3 aromatic rings. The van der Waals surface area contributed by atoms with Crippen LogP contribution in [0.4, 0.5) is 0 Å². The minimum atomic E-state index is -0.923. The number of aromatic nitrogens is 2. The molecule has 1 atom stereocenters. The third-order valence-corrected chi connectivity index (χ3v) is 5.45. The third-order valence-electron chi connectivity index (χ3n) is 5.45. The van der Waals surface area contributed by atoms with Gasteiger partial charge in [0.25, 0.3) is 0 Å². The second-order valence-electron chi connectivity index (χ2n) is 8.67. The summed E-state index contributed by atoms with van der Waals surface area (Å²) >= 11 is 0. The van der Waals surface area contributed by atoms with Gasteiger partial charge in [0.1, 0.15) is 18.1 Å². The standard InChI is InChI=1S/C25H30N4O3/c1-25(30,18-28(2)3)21-7-10-23-20(15-21)17-29(13-14-31-23)16-19-5-8-22(9-6-19)32-24-26-11-4-12-27-24/h4-12,15,30H,13-14,16-18H2,1-3H3/t25-/m1/s1. The number of nitrogens with zero attached hydrogens (tertiary/aromatic N) is 4. The van der Waals surface area contributed by atoms with Crippen LogP contribution in [0.15, 0.2) is 60.9 Å². The van der Waals surface area contributed by atoms with Gasteiger partial charge in [-0.1, -0.05) is 18.2 Å². The first-order valence-electron chi connectivity index (χ1n) is 10.8. The lowest BCUT2D eigenvalue weighted by Gasteiger charge is -2.28. The van der Waals surface area contributed by atoms with E-state index in [1.807, 2.05) is 50.2 Å². The van der Waals surface area contributed by atoms with E-state index in [4.69, 9.17) is 9.47 Å². The fourth-order valence-corrected chi connectivity index (χ4v) is 3.99. The highest BCUT2D eigenvalue weighted by Crippen LogP contribution is 2.30. The smallest absolute Gasteiger partial charge is 0.321 e. The van der Waals surface area contributed by atoms with Crippen molar-refractivity contribution in [1.29, 1.82) is 0 Å². The number of likely N-dealkylation sites (N-methyl/N-ethyl adjacent to an activating group) is 1. The Kier molecular flexibility index (Phi) is 6.69. The minimum Gasteiger partial charge on any atom is -0.492 e. The Bertz CT molecular complexity index is 1020. The summed E-state index contributed by atoms with van der Waals surface area (Å²) < 4.78 is 11.7. The number of fused-ring (bicyclic) bond motifs is 1. The van der Waals surface area contributed by atoms with Gasteiger partial charge >= 0.3 is 6.01 Å². The van der Waals surface area contributed by atoms with Crippen molar-refractivity contribution in [1.82, 2.24) is 19.8 Å². The van der Waals surface area contributed by atoms with E-state index < -0.39 is 5.60 Å². The highest BCUT2D eigenvalue weighted by molar-refractivity contribution is 5.40. The van der Waals surface area contributed by atoms with Gasteiger partial charge in [0.15, 0.2) is 0 Å². The molecule has 168 valence electrons. The average molecular weight is 435 g/mol. The molecule has 1 aliphatic rings. The molecule has 0 radical (unpaired) electrons. The van der Waals surface area contributed by atoms with Crippen molar-refractivity contribution >= 4 is 0 Å². The van der Waals surface area contributed by atoms with Gasteiger partial charge in [0, 0.05) is 44.1 Å². The second-order valence-corrected chi connectivity index (χ2v) is 8.67. The van der Waals surface area contributed by atoms with Crippen LogP contribution in [0.5, 0.6) is 17.5 Å². The molecule has 7 heteroatoms. The Morgan fingerprint density at radius 1 is 1.12 bits per heavy atom. The lowest BCUT2D eigenvalue weighted by atomic mass is 9.93. The largest absolute Gasteiger partial charge is 0.492 e. The van der Waals surface area contributed by atoms with Gasteiger partial charge < -0.3 is 19.5 Å². The van der Waals surface area contributed by atoms with Crippen LogP contribution in [0.2, 0.25) is 0 Å². The van der Waals surface area contributed by atoms with E-state index in [0.29, 0.717) is 24.9 Å². The van der Waals surface area contributed by atoms with Gasteiger partial charge in [-0.25, -0.2) is 9.97 Å². The molecule has 1 N–H and O–H groups in total. The lowest BCUT2D eigenvalue weighted by molar-refractivity contribution is 0.0299. The SMILES string of the molecule is CN(C)C[C@@](C)(O)c1ccc2c(c1)CN(Cc1ccc(Oc3ncccn3)cc1)CCO2. The van der Waals surface area contributed by atoms with Gasteiger partial charge in [-0.15, -0.1) is 0 Å². The first-order valence-corrected chi connectivity index (χ1v) is 10.8. The first-order chi connectivity index (χ1) is 15.4. The van der Waals surface area contributed by atoms with Crippen molar-refractivity contribution < 1.29 is 14.6 Å². The predicted octanol–water partition coefficient (Wildman–Crippen LogP) is 3.43. The fourth-order valence-electron chi connectivity index (χ4n) is 3.99. The van der Waals surface area contributed by atoms with Crippen molar-refractivity contribution in [2.75, 3.05) is 33.8 Å². The molecular formula is C25H30N4O3. The number of aliphatic hydroxyl groups is 1. The predicted molar refractivity (Wildman–Crippen MR) is 123 cm³/mol. The van der Waals surface area contributed by atoms with Gasteiger partial charge in [-0.3, -0.25) is 4.90 Å². The van der Waals surface area contributed by atoms with Gasteiger partial charge in [-0.2, -0.15) is 0 Å². The summed E-state index contributed by atoms with van der Waals surface area (Å²) in [4.78, 5) is 12.5. The zero-order chi connectivity index (χ0) is 22.6. The molecular weight excluding hydrogens is 404 g/mol. The Morgan fingerprint density at radius 3 is 2.59 bits per heavy atom. The van der Waals surface area contributed by atoms with E-state index in [1.165, 1.54) is 5.56 Å². The maximum Gasteiger partial charge on any atom is 0.321 e. The number of rotatable bonds is 7. The van der Waals surface area contributed by atoms with Gasteiger partial charge in [-0.05, 0) is 62.5 Å². The summed E-state index contributed by atoms with van der Waals surface area (Å²) in [5.41, 5.74) is 2.26. The maximum absolute atomic E-state index is 10.9. The molecule has 0 bridgehead atoms. The van der Waals surface area contributed by atoms with Crippen molar-refractivity contribution in [2.45, 2.75) is 25.6 Å². The van der Waals surface area contributed by atoms with Crippen molar-refractivity contribution in [2.24, 2.45) is 0 Å². The molecule has 1 aromatic heterocycles. The van der Waals surface area contributed by atoms with E-state index >= 15 is 0 Å². The van der Waals surface area contributed by atoms with Crippen LogP contribution in [-0.2, 0) is 18.7 Å². The highest BCUT2D eigenvalue weighted by Gasteiger charge is 2.26. The molecule has 2 heterocycles. The van der Waals surface area contributed by atoms with Crippen molar-refractivity contribution in [3.63, 3.8) is 0 Å². The van der Waals surface area contributed by atoms with Crippen LogP contribution in [0.25, 0.3) is 0 Å². The molecule has 0 saturated heterocycles. The molecule has 1 aliphatic heterocycles. The Balaban J connectivity index is 1.44. The van der Waals surface area contributed by atoms with E-state index in [0.717, 1.165) is 36.5 Å². The number of benzene rings is 2. The Labute approximate surface area is 189 Å². The summed E-state index contributed by atoms with van der Waals surface area (Å²) in [6.45, 7) is 5.43. The molecule has 0 saturated carbocycles. The molecule has 0 aliphatic carbocycles. The van der Waals surface area contributed by atoms with Crippen LogP contribution >= 0.6 is 0 Å². The number of hydrogen-bond acceptors (Lipinski definition) is 7. The highest BCUT2D eigenvalue weighted by atomic mass is 16.5. The first kappa shape index (κ1) is 22.2. The molecule has 4 rings (SSSR count). The normalized spacial score (nSPS) is 16.0. The molecule has 0 unspecified atom stereocenters. The monoisotopic (exact) mass is 434 g/mol. The van der Waals surface area contributed by atoms with Gasteiger partial charge in [0.05, 0.1) is 5.60 Å². The van der Waals surface area contributed by atoms with Crippen LogP contribution in [-0.4, -0.2) is 58.7 Å². The van der Waals surface area contributed by atoms with Crippen LogP contribution in [0, 0.1) is 0 Å². The molecule has 2 aromatic carbocycles. The van der Waals surface area contributed by atoms with E-state index in [1.54, 1.807) is 18.5 Å². The number of ether oxygens (including phenoxy) is 2. The Morgan fingerprint density at radius 2 is 1.88 bits per heavy atom. The maximum atomic E-state index is 10.9. The summed E-state index contributed by atoms with van der Waals surface area (Å²) in [5.74, 6) is 1.60. The third kappa shape index (κ3) is 5.62. The van der Waals surface area contributed by atoms with Crippen LogP contribution < -0.4 is 9.47 Å². The minimum absolute atomic E-state index is 0.336. The fraction of sp³-hybridized carbons (Fsp3) is 0.360. The van der Waals surface area contributed by atoms with Gasteiger partial charge in [0.2, 0.25) is 0 Å². The zero-order valence-electron chi connectivity index (χ0n) is 18.9. The molecule has 0 amide bonds. The second kappa shape index (κ2) is 9.65. The van der Waals surface area contributed by atoms with E-state index in [-0.39, 0.29) is 0 Å². The topological polar surface area (TPSA) is 71.0 Å². The summed E-state index contributed by atoms with van der Waals surface area (Å²) in [6, 6.07) is 16.1. The summed E-state index contributed by atoms with van der Waals surface area (Å²) in [7, 11) is 3.93. The number of hydrogen-bond donors (Lipinski definition) is 1.